The highest BCUT2D eigenvalue weighted by molar-refractivity contribution is 7.71. The predicted octanol–water partition coefficient (Wildman–Crippen LogP) is 3.61. The number of nitrogens with zero attached hydrogens (tertiary/aromatic N) is 2. The van der Waals surface area contributed by atoms with Gasteiger partial charge in [-0.05, 0) is 25.6 Å². The van der Waals surface area contributed by atoms with E-state index in [-0.39, 0.29) is 0 Å². The van der Waals surface area contributed by atoms with Gasteiger partial charge in [0.25, 0.3) is 0 Å². The van der Waals surface area contributed by atoms with Crippen LogP contribution < -0.4 is 0 Å². The van der Waals surface area contributed by atoms with Crippen molar-refractivity contribution >= 4 is 12.2 Å². The minimum atomic E-state index is 0.751. The molecule has 1 aromatic heterocycles. The van der Waals surface area contributed by atoms with Crippen molar-refractivity contribution in [3.05, 3.63) is 10.6 Å². The van der Waals surface area contributed by atoms with Gasteiger partial charge in [-0.3, -0.25) is 5.10 Å². The van der Waals surface area contributed by atoms with Gasteiger partial charge < -0.3 is 4.57 Å². The molecular weight excluding hydrogens is 206 g/mol. The van der Waals surface area contributed by atoms with Crippen LogP contribution in [-0.2, 0) is 6.54 Å². The summed E-state index contributed by atoms with van der Waals surface area (Å²) >= 11 is 5.14. The van der Waals surface area contributed by atoms with Crippen LogP contribution in [0.15, 0.2) is 0 Å². The molecular formula is C11H21N3S. The summed E-state index contributed by atoms with van der Waals surface area (Å²) in [6, 6.07) is 0. The van der Waals surface area contributed by atoms with Crippen molar-refractivity contribution in [2.75, 3.05) is 0 Å². The zero-order valence-corrected chi connectivity index (χ0v) is 10.6. The summed E-state index contributed by atoms with van der Waals surface area (Å²) in [6.45, 7) is 5.24. The first kappa shape index (κ1) is 12.4. The number of aryl methyl sites for hydroxylation is 1. The van der Waals surface area contributed by atoms with Gasteiger partial charge in [-0.2, -0.15) is 5.10 Å². The first-order valence-corrected chi connectivity index (χ1v) is 6.28. The third kappa shape index (κ3) is 4.16. The molecule has 0 saturated heterocycles. The maximum Gasteiger partial charge on any atom is 0.195 e. The molecule has 15 heavy (non-hydrogen) atoms. The summed E-state index contributed by atoms with van der Waals surface area (Å²) in [4.78, 5) is 0. The standard InChI is InChI=1S/C11H21N3S/c1-3-4-5-6-7-8-9-14-10(2)12-13-11(14)15/h3-9H2,1-2H3,(H,13,15). The maximum absolute atomic E-state index is 5.14. The van der Waals surface area contributed by atoms with E-state index in [1.807, 2.05) is 6.92 Å². The number of unbranched alkanes of at least 4 members (excludes halogenated alkanes) is 5. The van der Waals surface area contributed by atoms with Crippen molar-refractivity contribution < 1.29 is 0 Å². The number of H-pyrrole nitrogens is 1. The molecule has 0 aliphatic carbocycles. The van der Waals surface area contributed by atoms with E-state index in [4.69, 9.17) is 12.2 Å². The molecule has 0 fully saturated rings. The largest absolute Gasteiger partial charge is 0.304 e. The smallest absolute Gasteiger partial charge is 0.195 e. The average Bonchev–Trinajstić information content (AvgIpc) is 2.54. The van der Waals surface area contributed by atoms with E-state index >= 15 is 0 Å². The monoisotopic (exact) mass is 227 g/mol. The van der Waals surface area contributed by atoms with Crippen LogP contribution in [0.2, 0.25) is 0 Å². The first-order chi connectivity index (χ1) is 7.25. The second-order valence-electron chi connectivity index (χ2n) is 4.00. The fourth-order valence-electron chi connectivity index (χ4n) is 1.71. The Hall–Kier alpha value is -0.640. The van der Waals surface area contributed by atoms with E-state index in [1.165, 1.54) is 38.5 Å². The lowest BCUT2D eigenvalue weighted by Crippen LogP contribution is -2.00. The number of hydrogen-bond donors (Lipinski definition) is 1. The summed E-state index contributed by atoms with van der Waals surface area (Å²) in [6.07, 6.45) is 7.89. The Kier molecular flexibility index (Phi) is 5.61. The Bertz CT molecular complexity index is 327. The summed E-state index contributed by atoms with van der Waals surface area (Å²) < 4.78 is 2.83. The minimum Gasteiger partial charge on any atom is -0.304 e. The highest BCUT2D eigenvalue weighted by atomic mass is 32.1. The van der Waals surface area contributed by atoms with E-state index in [0.717, 1.165) is 17.1 Å². The lowest BCUT2D eigenvalue weighted by molar-refractivity contribution is 0.548. The normalized spacial score (nSPS) is 10.8. The van der Waals surface area contributed by atoms with Crippen molar-refractivity contribution in [2.45, 2.75) is 58.9 Å². The fraction of sp³-hybridized carbons (Fsp3) is 0.818. The van der Waals surface area contributed by atoms with Crippen LogP contribution in [0.3, 0.4) is 0 Å². The van der Waals surface area contributed by atoms with Crippen LogP contribution in [0.4, 0.5) is 0 Å². The Labute approximate surface area is 96.9 Å². The number of aromatic amines is 1. The molecule has 4 heteroatoms. The summed E-state index contributed by atoms with van der Waals surface area (Å²) in [5.74, 6) is 0.994. The van der Waals surface area contributed by atoms with Gasteiger partial charge in [-0.1, -0.05) is 39.0 Å². The van der Waals surface area contributed by atoms with Gasteiger partial charge in [-0.25, -0.2) is 0 Å². The lowest BCUT2D eigenvalue weighted by atomic mass is 10.1. The molecule has 1 heterocycles. The van der Waals surface area contributed by atoms with Crippen molar-refractivity contribution in [1.82, 2.24) is 14.8 Å². The molecule has 0 aliphatic rings. The fourth-order valence-corrected chi connectivity index (χ4v) is 1.98. The molecule has 0 atom stereocenters. The van der Waals surface area contributed by atoms with Gasteiger partial charge in [0.05, 0.1) is 0 Å². The minimum absolute atomic E-state index is 0.751. The molecule has 0 spiro atoms. The second kappa shape index (κ2) is 6.77. The number of nitrogens with one attached hydrogen (secondary N) is 1. The molecule has 86 valence electrons. The second-order valence-corrected chi connectivity index (χ2v) is 4.38. The van der Waals surface area contributed by atoms with Crippen LogP contribution >= 0.6 is 12.2 Å². The molecule has 0 aliphatic heterocycles. The van der Waals surface area contributed by atoms with Gasteiger partial charge in [-0.15, -0.1) is 0 Å². The molecule has 1 aromatic rings. The van der Waals surface area contributed by atoms with E-state index in [1.54, 1.807) is 0 Å². The number of aromatic nitrogens is 3. The Morgan fingerprint density at radius 1 is 1.20 bits per heavy atom. The molecule has 0 aromatic carbocycles. The number of rotatable bonds is 7. The molecule has 0 saturated carbocycles. The third-order valence-electron chi connectivity index (χ3n) is 2.68. The van der Waals surface area contributed by atoms with Gasteiger partial charge in [0.2, 0.25) is 0 Å². The Morgan fingerprint density at radius 2 is 1.87 bits per heavy atom. The van der Waals surface area contributed by atoms with Gasteiger partial charge in [0, 0.05) is 6.54 Å². The lowest BCUT2D eigenvalue weighted by Gasteiger charge is -2.03. The summed E-state index contributed by atoms with van der Waals surface area (Å²) in [5.41, 5.74) is 0. The molecule has 0 unspecified atom stereocenters. The van der Waals surface area contributed by atoms with Gasteiger partial charge >= 0.3 is 0 Å². The molecule has 1 N–H and O–H groups in total. The Morgan fingerprint density at radius 3 is 2.47 bits per heavy atom. The van der Waals surface area contributed by atoms with Crippen LogP contribution in [0, 0.1) is 11.7 Å². The topological polar surface area (TPSA) is 33.6 Å². The summed E-state index contributed by atoms with van der Waals surface area (Å²) in [7, 11) is 0. The Balaban J connectivity index is 2.18. The highest BCUT2D eigenvalue weighted by Gasteiger charge is 1.99. The SMILES string of the molecule is CCCCCCCCn1c(C)n[nH]c1=S. The maximum atomic E-state index is 5.14. The van der Waals surface area contributed by atoms with Crippen molar-refractivity contribution in [3.8, 4) is 0 Å². The van der Waals surface area contributed by atoms with Crippen LogP contribution in [0.1, 0.15) is 51.3 Å². The first-order valence-electron chi connectivity index (χ1n) is 5.87. The zero-order valence-electron chi connectivity index (χ0n) is 9.75. The van der Waals surface area contributed by atoms with E-state index in [2.05, 4.69) is 21.7 Å². The molecule has 3 nitrogen and oxygen atoms in total. The van der Waals surface area contributed by atoms with Gasteiger partial charge in [0.15, 0.2) is 4.77 Å². The molecule has 1 rings (SSSR count). The van der Waals surface area contributed by atoms with Crippen molar-refractivity contribution in [1.29, 1.82) is 0 Å². The quantitative estimate of drug-likeness (QED) is 0.570. The van der Waals surface area contributed by atoms with Crippen molar-refractivity contribution in [3.63, 3.8) is 0 Å². The van der Waals surface area contributed by atoms with E-state index in [0.29, 0.717) is 0 Å². The molecule has 0 radical (unpaired) electrons. The molecule has 0 bridgehead atoms. The number of hydrogen-bond acceptors (Lipinski definition) is 2. The highest BCUT2D eigenvalue weighted by Crippen LogP contribution is 2.07. The van der Waals surface area contributed by atoms with E-state index < -0.39 is 0 Å². The predicted molar refractivity (Wildman–Crippen MR) is 65.5 cm³/mol. The third-order valence-corrected chi connectivity index (χ3v) is 3.00. The zero-order chi connectivity index (χ0) is 11.1. The van der Waals surface area contributed by atoms with Crippen LogP contribution in [-0.4, -0.2) is 14.8 Å². The average molecular weight is 227 g/mol. The van der Waals surface area contributed by atoms with Crippen LogP contribution in [0.5, 0.6) is 0 Å². The van der Waals surface area contributed by atoms with Crippen LogP contribution in [0.25, 0.3) is 0 Å². The summed E-state index contributed by atoms with van der Waals surface area (Å²) in [5, 5.41) is 6.90. The van der Waals surface area contributed by atoms with Crippen molar-refractivity contribution in [2.24, 2.45) is 0 Å². The van der Waals surface area contributed by atoms with Gasteiger partial charge in [0.1, 0.15) is 5.82 Å². The van der Waals surface area contributed by atoms with E-state index in [9.17, 15) is 0 Å². The molecule has 0 amide bonds.